The average Bonchev–Trinajstić information content (AvgIpc) is 2.65. The molecule has 1 fully saturated rings. The molecule has 2 heterocycles. The Bertz CT molecular complexity index is 326. The highest BCUT2D eigenvalue weighted by Crippen LogP contribution is 2.25. The fraction of sp³-hybridized carbons (Fsp3) is 0.692. The summed E-state index contributed by atoms with van der Waals surface area (Å²) in [5.41, 5.74) is 0. The SMILES string of the molecule is Bc1ccc(CN2CCC(C(C)C)CC2)s1. The summed E-state index contributed by atoms with van der Waals surface area (Å²) in [7, 11) is 2.19. The van der Waals surface area contributed by atoms with Crippen LogP contribution >= 0.6 is 11.3 Å². The first-order valence-corrected chi connectivity index (χ1v) is 7.24. The van der Waals surface area contributed by atoms with Gasteiger partial charge in [-0.1, -0.05) is 19.9 Å². The van der Waals surface area contributed by atoms with Crippen molar-refractivity contribution in [2.45, 2.75) is 33.2 Å². The topological polar surface area (TPSA) is 3.24 Å². The molecular weight excluding hydrogens is 213 g/mol. The minimum absolute atomic E-state index is 0.867. The Kier molecular flexibility index (Phi) is 4.09. The van der Waals surface area contributed by atoms with Gasteiger partial charge in [-0.15, -0.1) is 0 Å². The van der Waals surface area contributed by atoms with Crippen molar-refractivity contribution in [1.29, 1.82) is 0 Å². The molecule has 1 saturated heterocycles. The average molecular weight is 235 g/mol. The van der Waals surface area contributed by atoms with Gasteiger partial charge in [0, 0.05) is 11.4 Å². The predicted octanol–water partition coefficient (Wildman–Crippen LogP) is 1.87. The fourth-order valence-electron chi connectivity index (χ4n) is 2.57. The third-order valence-corrected chi connectivity index (χ3v) is 4.74. The zero-order valence-electron chi connectivity index (χ0n) is 10.7. The molecule has 1 aliphatic heterocycles. The van der Waals surface area contributed by atoms with Gasteiger partial charge in [0.05, 0.1) is 0 Å². The fourth-order valence-corrected chi connectivity index (χ4v) is 3.50. The second-order valence-electron chi connectivity index (χ2n) is 5.37. The number of piperidine rings is 1. The van der Waals surface area contributed by atoms with Gasteiger partial charge in [-0.25, -0.2) is 0 Å². The molecule has 1 nitrogen and oxygen atoms in total. The van der Waals surface area contributed by atoms with Gasteiger partial charge in [0.2, 0.25) is 0 Å². The van der Waals surface area contributed by atoms with Crippen LogP contribution in [0.4, 0.5) is 0 Å². The smallest absolute Gasteiger partial charge is 0.152 e. The Morgan fingerprint density at radius 1 is 1.38 bits per heavy atom. The van der Waals surface area contributed by atoms with E-state index in [0.717, 1.165) is 11.8 Å². The summed E-state index contributed by atoms with van der Waals surface area (Å²) in [5, 5.41) is 0. The number of rotatable bonds is 3. The summed E-state index contributed by atoms with van der Waals surface area (Å²) in [6, 6.07) is 4.52. The molecule has 88 valence electrons. The van der Waals surface area contributed by atoms with Gasteiger partial charge in [0.15, 0.2) is 7.85 Å². The van der Waals surface area contributed by atoms with Gasteiger partial charge < -0.3 is 0 Å². The molecule has 16 heavy (non-hydrogen) atoms. The van der Waals surface area contributed by atoms with Crippen LogP contribution in [0.1, 0.15) is 31.6 Å². The van der Waals surface area contributed by atoms with Crippen LogP contribution in [-0.4, -0.2) is 25.8 Å². The van der Waals surface area contributed by atoms with E-state index in [1.807, 2.05) is 11.3 Å². The van der Waals surface area contributed by atoms with E-state index >= 15 is 0 Å². The summed E-state index contributed by atoms with van der Waals surface area (Å²) in [5.74, 6) is 1.83. The molecule has 0 atom stereocenters. The molecular formula is C13H22BNS. The van der Waals surface area contributed by atoms with Crippen molar-refractivity contribution >= 4 is 24.0 Å². The van der Waals surface area contributed by atoms with Crippen molar-refractivity contribution in [3.63, 3.8) is 0 Å². The minimum Gasteiger partial charge on any atom is -0.298 e. The van der Waals surface area contributed by atoms with Crippen LogP contribution in [0.2, 0.25) is 0 Å². The van der Waals surface area contributed by atoms with Crippen molar-refractivity contribution in [2.24, 2.45) is 11.8 Å². The van der Waals surface area contributed by atoms with E-state index in [9.17, 15) is 0 Å². The van der Waals surface area contributed by atoms with Gasteiger partial charge >= 0.3 is 0 Å². The van der Waals surface area contributed by atoms with Crippen LogP contribution in [0, 0.1) is 11.8 Å². The van der Waals surface area contributed by atoms with Gasteiger partial charge in [0.25, 0.3) is 0 Å². The van der Waals surface area contributed by atoms with Crippen LogP contribution in [-0.2, 0) is 6.54 Å². The number of hydrogen-bond acceptors (Lipinski definition) is 2. The molecule has 3 heteroatoms. The number of hydrogen-bond donors (Lipinski definition) is 0. The van der Waals surface area contributed by atoms with Crippen molar-refractivity contribution in [3.05, 3.63) is 17.0 Å². The molecule has 0 amide bonds. The zero-order chi connectivity index (χ0) is 11.5. The van der Waals surface area contributed by atoms with Crippen LogP contribution in [0.15, 0.2) is 12.1 Å². The molecule has 0 unspecified atom stereocenters. The maximum Gasteiger partial charge on any atom is 0.152 e. The Morgan fingerprint density at radius 2 is 2.06 bits per heavy atom. The summed E-state index contributed by atoms with van der Waals surface area (Å²) >= 11 is 1.95. The van der Waals surface area contributed by atoms with Crippen LogP contribution in [0.25, 0.3) is 0 Å². The van der Waals surface area contributed by atoms with Crippen molar-refractivity contribution in [1.82, 2.24) is 4.90 Å². The lowest BCUT2D eigenvalue weighted by Crippen LogP contribution is -2.34. The lowest BCUT2D eigenvalue weighted by molar-refractivity contribution is 0.153. The summed E-state index contributed by atoms with van der Waals surface area (Å²) in [4.78, 5) is 4.14. The maximum absolute atomic E-state index is 2.62. The molecule has 1 aromatic rings. The molecule has 0 saturated carbocycles. The third kappa shape index (κ3) is 3.11. The van der Waals surface area contributed by atoms with E-state index < -0.39 is 0 Å². The van der Waals surface area contributed by atoms with Gasteiger partial charge in [0.1, 0.15) is 0 Å². The lowest BCUT2D eigenvalue weighted by atomic mass is 9.87. The van der Waals surface area contributed by atoms with E-state index in [0.29, 0.717) is 0 Å². The van der Waals surface area contributed by atoms with Gasteiger partial charge in [-0.3, -0.25) is 4.90 Å². The van der Waals surface area contributed by atoms with E-state index in [4.69, 9.17) is 0 Å². The lowest BCUT2D eigenvalue weighted by Gasteiger charge is -2.33. The summed E-state index contributed by atoms with van der Waals surface area (Å²) < 4.78 is 1.44. The molecule has 2 rings (SSSR count). The Labute approximate surface area is 104 Å². The predicted molar refractivity (Wildman–Crippen MR) is 75.3 cm³/mol. The molecule has 0 radical (unpaired) electrons. The van der Waals surface area contributed by atoms with Crippen LogP contribution < -0.4 is 4.78 Å². The van der Waals surface area contributed by atoms with E-state index in [-0.39, 0.29) is 0 Å². The molecule has 0 bridgehead atoms. The molecule has 0 aliphatic carbocycles. The normalized spacial score (nSPS) is 19.4. The van der Waals surface area contributed by atoms with Crippen LogP contribution in [0.5, 0.6) is 0 Å². The number of likely N-dealkylation sites (tertiary alicyclic amines) is 1. The first-order chi connectivity index (χ1) is 7.65. The Balaban J connectivity index is 1.81. The molecule has 0 spiro atoms. The molecule has 1 aromatic heterocycles. The third-order valence-electron chi connectivity index (χ3n) is 3.75. The second kappa shape index (κ2) is 5.37. The molecule has 0 N–H and O–H groups in total. The highest BCUT2D eigenvalue weighted by Gasteiger charge is 2.21. The van der Waals surface area contributed by atoms with Crippen molar-refractivity contribution < 1.29 is 0 Å². The number of thiophene rings is 1. The monoisotopic (exact) mass is 235 g/mol. The van der Waals surface area contributed by atoms with Crippen molar-refractivity contribution in [3.8, 4) is 0 Å². The quantitative estimate of drug-likeness (QED) is 0.723. The highest BCUT2D eigenvalue weighted by atomic mass is 32.1. The highest BCUT2D eigenvalue weighted by molar-refractivity contribution is 7.20. The Hall–Kier alpha value is -0.275. The summed E-state index contributed by atoms with van der Waals surface area (Å²) in [6.07, 6.45) is 2.78. The van der Waals surface area contributed by atoms with Crippen LogP contribution in [0.3, 0.4) is 0 Å². The zero-order valence-corrected chi connectivity index (χ0v) is 11.5. The molecule has 1 aliphatic rings. The summed E-state index contributed by atoms with van der Waals surface area (Å²) in [6.45, 7) is 8.48. The van der Waals surface area contributed by atoms with E-state index in [1.54, 1.807) is 0 Å². The number of nitrogens with zero attached hydrogens (tertiary/aromatic N) is 1. The van der Waals surface area contributed by atoms with Crippen molar-refractivity contribution in [2.75, 3.05) is 13.1 Å². The van der Waals surface area contributed by atoms with Gasteiger partial charge in [-0.05, 0) is 48.6 Å². The first kappa shape index (κ1) is 12.2. The van der Waals surface area contributed by atoms with Gasteiger partial charge in [-0.2, -0.15) is 11.3 Å². The van der Waals surface area contributed by atoms with E-state index in [1.165, 1.54) is 42.1 Å². The van der Waals surface area contributed by atoms with E-state index in [2.05, 4.69) is 38.7 Å². The molecule has 0 aromatic carbocycles. The second-order valence-corrected chi connectivity index (χ2v) is 6.74. The Morgan fingerprint density at radius 3 is 2.56 bits per heavy atom. The maximum atomic E-state index is 2.62. The standard InChI is InChI=1S/C13H22BNS/c1-10(2)11-5-7-15(8-6-11)9-12-3-4-13(14)16-12/h3-4,10-11H,5-9,14H2,1-2H3. The largest absolute Gasteiger partial charge is 0.298 e. The first-order valence-electron chi connectivity index (χ1n) is 6.43. The minimum atomic E-state index is 0.867.